The second-order valence-corrected chi connectivity index (χ2v) is 4.71. The van der Waals surface area contributed by atoms with E-state index < -0.39 is 11.0 Å². The SMILES string of the molecule is O=C(Oc1ccc([N+](=O)[O-])cc1)N1CCNc2ccccc21. The standard InChI is InChI=1S/C15H13N3O4/c19-15(22-12-7-5-11(6-8-12)18(20)21)17-10-9-16-13-3-1-2-4-14(13)17/h1-8,16H,9-10H2. The first-order valence-corrected chi connectivity index (χ1v) is 6.72. The number of rotatable bonds is 2. The van der Waals surface area contributed by atoms with Gasteiger partial charge in [0.2, 0.25) is 0 Å². The molecule has 0 bridgehead atoms. The Kier molecular flexibility index (Phi) is 3.61. The molecular weight excluding hydrogens is 286 g/mol. The van der Waals surface area contributed by atoms with Crippen LogP contribution in [0.4, 0.5) is 21.9 Å². The number of hydrogen-bond acceptors (Lipinski definition) is 5. The second kappa shape index (κ2) is 5.72. The van der Waals surface area contributed by atoms with Gasteiger partial charge < -0.3 is 10.1 Å². The van der Waals surface area contributed by atoms with Crippen LogP contribution in [-0.4, -0.2) is 24.1 Å². The van der Waals surface area contributed by atoms with Crippen LogP contribution in [0.5, 0.6) is 5.75 Å². The molecule has 1 heterocycles. The van der Waals surface area contributed by atoms with E-state index in [9.17, 15) is 14.9 Å². The topological polar surface area (TPSA) is 84.7 Å². The van der Waals surface area contributed by atoms with E-state index in [0.29, 0.717) is 13.1 Å². The van der Waals surface area contributed by atoms with E-state index in [1.54, 1.807) is 0 Å². The van der Waals surface area contributed by atoms with Gasteiger partial charge in [-0.2, -0.15) is 0 Å². The number of amides is 1. The predicted octanol–water partition coefficient (Wildman–Crippen LogP) is 3.03. The highest BCUT2D eigenvalue weighted by atomic mass is 16.6. The molecule has 0 unspecified atom stereocenters. The number of fused-ring (bicyclic) bond motifs is 1. The molecule has 0 atom stereocenters. The first-order chi connectivity index (χ1) is 10.6. The monoisotopic (exact) mass is 299 g/mol. The highest BCUT2D eigenvalue weighted by molar-refractivity contribution is 5.94. The molecule has 0 saturated heterocycles. The zero-order valence-corrected chi connectivity index (χ0v) is 11.6. The Morgan fingerprint density at radius 1 is 1.18 bits per heavy atom. The Morgan fingerprint density at radius 3 is 2.64 bits per heavy atom. The average molecular weight is 299 g/mol. The highest BCUT2D eigenvalue weighted by Crippen LogP contribution is 2.29. The molecule has 0 fully saturated rings. The largest absolute Gasteiger partial charge is 0.419 e. The molecule has 3 rings (SSSR count). The van der Waals surface area contributed by atoms with Crippen LogP contribution in [0.2, 0.25) is 0 Å². The lowest BCUT2D eigenvalue weighted by Gasteiger charge is -2.29. The summed E-state index contributed by atoms with van der Waals surface area (Å²) in [5.41, 5.74) is 1.57. The second-order valence-electron chi connectivity index (χ2n) is 4.71. The van der Waals surface area contributed by atoms with E-state index in [4.69, 9.17) is 4.74 Å². The van der Waals surface area contributed by atoms with E-state index >= 15 is 0 Å². The van der Waals surface area contributed by atoms with Gasteiger partial charge in [-0.3, -0.25) is 15.0 Å². The maximum absolute atomic E-state index is 12.3. The Hall–Kier alpha value is -3.09. The summed E-state index contributed by atoms with van der Waals surface area (Å²) >= 11 is 0. The van der Waals surface area contributed by atoms with Gasteiger partial charge in [-0.1, -0.05) is 12.1 Å². The fourth-order valence-corrected chi connectivity index (χ4v) is 2.26. The Labute approximate surface area is 126 Å². The number of para-hydroxylation sites is 2. The van der Waals surface area contributed by atoms with Crippen LogP contribution in [0, 0.1) is 10.1 Å². The minimum absolute atomic E-state index is 0.0488. The van der Waals surface area contributed by atoms with Crippen LogP contribution in [0.1, 0.15) is 0 Å². The third-order valence-corrected chi connectivity index (χ3v) is 3.32. The zero-order chi connectivity index (χ0) is 15.5. The molecule has 1 aliphatic rings. The summed E-state index contributed by atoms with van der Waals surface area (Å²) in [6, 6.07) is 12.9. The smallest absolute Gasteiger partial charge is 0.410 e. The summed E-state index contributed by atoms with van der Waals surface area (Å²) < 4.78 is 5.28. The van der Waals surface area contributed by atoms with Crippen molar-refractivity contribution >= 4 is 23.2 Å². The fourth-order valence-electron chi connectivity index (χ4n) is 2.26. The Morgan fingerprint density at radius 2 is 1.91 bits per heavy atom. The molecule has 0 saturated carbocycles. The van der Waals surface area contributed by atoms with Crippen LogP contribution >= 0.6 is 0 Å². The normalized spacial score (nSPS) is 13.0. The number of benzene rings is 2. The molecule has 1 N–H and O–H groups in total. The molecule has 0 spiro atoms. The highest BCUT2D eigenvalue weighted by Gasteiger charge is 2.23. The number of carbonyl (C=O) groups is 1. The van der Waals surface area contributed by atoms with Gasteiger partial charge in [0.15, 0.2) is 0 Å². The minimum Gasteiger partial charge on any atom is -0.410 e. The number of hydrogen-bond donors (Lipinski definition) is 1. The number of nitrogens with zero attached hydrogens (tertiary/aromatic N) is 2. The predicted molar refractivity (Wildman–Crippen MR) is 81.4 cm³/mol. The van der Waals surface area contributed by atoms with E-state index in [1.165, 1.54) is 29.2 Å². The molecule has 2 aromatic rings. The first-order valence-electron chi connectivity index (χ1n) is 6.72. The molecule has 0 aromatic heterocycles. The van der Waals surface area contributed by atoms with Crippen LogP contribution < -0.4 is 15.0 Å². The van der Waals surface area contributed by atoms with Gasteiger partial charge in [-0.05, 0) is 24.3 Å². The van der Waals surface area contributed by atoms with Crippen molar-refractivity contribution in [3.8, 4) is 5.75 Å². The average Bonchev–Trinajstić information content (AvgIpc) is 2.54. The number of nitro groups is 1. The van der Waals surface area contributed by atoms with Gasteiger partial charge in [-0.25, -0.2) is 4.79 Å². The maximum atomic E-state index is 12.3. The Balaban J connectivity index is 1.76. The molecule has 2 aromatic carbocycles. The van der Waals surface area contributed by atoms with E-state index in [0.717, 1.165) is 11.4 Å². The van der Waals surface area contributed by atoms with Gasteiger partial charge in [0, 0.05) is 25.2 Å². The lowest BCUT2D eigenvalue weighted by Crippen LogP contribution is -2.40. The number of nitro benzene ring substituents is 1. The minimum atomic E-state index is -0.511. The molecule has 0 radical (unpaired) electrons. The van der Waals surface area contributed by atoms with E-state index in [-0.39, 0.29) is 11.4 Å². The third kappa shape index (κ3) is 2.69. The van der Waals surface area contributed by atoms with Crippen molar-refractivity contribution in [1.82, 2.24) is 0 Å². The lowest BCUT2D eigenvalue weighted by atomic mass is 10.2. The van der Waals surface area contributed by atoms with Crippen LogP contribution in [0.25, 0.3) is 0 Å². The van der Waals surface area contributed by atoms with E-state index in [1.807, 2.05) is 24.3 Å². The molecule has 112 valence electrons. The number of nitrogens with one attached hydrogen (secondary N) is 1. The number of ether oxygens (including phenoxy) is 1. The molecule has 1 aliphatic heterocycles. The number of anilines is 2. The summed E-state index contributed by atoms with van der Waals surface area (Å²) in [5.74, 6) is 0.270. The van der Waals surface area contributed by atoms with Crippen molar-refractivity contribution < 1.29 is 14.5 Å². The number of non-ortho nitro benzene ring substituents is 1. The van der Waals surface area contributed by atoms with Crippen LogP contribution in [0.3, 0.4) is 0 Å². The fraction of sp³-hybridized carbons (Fsp3) is 0.133. The van der Waals surface area contributed by atoms with Crippen molar-refractivity contribution in [2.24, 2.45) is 0 Å². The van der Waals surface area contributed by atoms with Crippen molar-refractivity contribution in [3.05, 3.63) is 58.6 Å². The first kappa shape index (κ1) is 13.9. The van der Waals surface area contributed by atoms with Crippen LogP contribution in [0.15, 0.2) is 48.5 Å². The molecule has 0 aliphatic carbocycles. The molecule has 22 heavy (non-hydrogen) atoms. The summed E-state index contributed by atoms with van der Waals surface area (Å²) in [7, 11) is 0. The van der Waals surface area contributed by atoms with Gasteiger partial charge in [-0.15, -0.1) is 0 Å². The summed E-state index contributed by atoms with van der Waals surface area (Å²) in [5, 5.41) is 13.8. The lowest BCUT2D eigenvalue weighted by molar-refractivity contribution is -0.384. The maximum Gasteiger partial charge on any atom is 0.419 e. The van der Waals surface area contributed by atoms with Crippen molar-refractivity contribution in [3.63, 3.8) is 0 Å². The third-order valence-electron chi connectivity index (χ3n) is 3.32. The van der Waals surface area contributed by atoms with Gasteiger partial charge in [0.05, 0.1) is 16.3 Å². The summed E-state index contributed by atoms with van der Waals surface area (Å²) in [4.78, 5) is 23.9. The van der Waals surface area contributed by atoms with Gasteiger partial charge in [0.1, 0.15) is 5.75 Å². The van der Waals surface area contributed by atoms with E-state index in [2.05, 4.69) is 5.32 Å². The van der Waals surface area contributed by atoms with Gasteiger partial charge in [0.25, 0.3) is 5.69 Å². The molecule has 1 amide bonds. The zero-order valence-electron chi connectivity index (χ0n) is 11.6. The van der Waals surface area contributed by atoms with Crippen LogP contribution in [-0.2, 0) is 0 Å². The quantitative estimate of drug-likeness (QED) is 0.680. The number of carbonyl (C=O) groups excluding carboxylic acids is 1. The van der Waals surface area contributed by atoms with Gasteiger partial charge >= 0.3 is 6.09 Å². The van der Waals surface area contributed by atoms with Crippen molar-refractivity contribution in [2.75, 3.05) is 23.3 Å². The molecule has 7 heteroatoms. The molecular formula is C15H13N3O4. The van der Waals surface area contributed by atoms with Crippen molar-refractivity contribution in [1.29, 1.82) is 0 Å². The molecule has 7 nitrogen and oxygen atoms in total. The van der Waals surface area contributed by atoms with Crippen molar-refractivity contribution in [2.45, 2.75) is 0 Å². The summed E-state index contributed by atoms with van der Waals surface area (Å²) in [6.45, 7) is 1.12. The Bertz CT molecular complexity index is 715. The summed E-state index contributed by atoms with van der Waals surface area (Å²) in [6.07, 6.45) is -0.511.